The first-order valence-electron chi connectivity index (χ1n) is 9.91. The summed E-state index contributed by atoms with van der Waals surface area (Å²) in [6.45, 7) is 3.99. The highest BCUT2D eigenvalue weighted by molar-refractivity contribution is 6.46. The van der Waals surface area contributed by atoms with Crippen molar-refractivity contribution in [3.63, 3.8) is 0 Å². The second-order valence-corrected chi connectivity index (χ2v) is 7.64. The van der Waals surface area contributed by atoms with Crippen LogP contribution < -0.4 is 0 Å². The summed E-state index contributed by atoms with van der Waals surface area (Å²) < 4.78 is 0. The van der Waals surface area contributed by atoms with Crippen molar-refractivity contribution in [2.75, 3.05) is 0 Å². The molecule has 4 rings (SSSR count). The lowest BCUT2D eigenvalue weighted by molar-refractivity contribution is -0.140. The van der Waals surface area contributed by atoms with Crippen LogP contribution >= 0.6 is 0 Å². The average Bonchev–Trinajstić information content (AvgIpc) is 3.01. The molecule has 2 heterocycles. The first-order valence-corrected chi connectivity index (χ1v) is 9.91. The topological polar surface area (TPSA) is 90.7 Å². The van der Waals surface area contributed by atoms with Crippen molar-refractivity contribution in [2.45, 2.75) is 26.4 Å². The number of likely N-dealkylation sites (tertiary alicyclic amines) is 1. The van der Waals surface area contributed by atoms with Gasteiger partial charge in [-0.25, -0.2) is 0 Å². The van der Waals surface area contributed by atoms with Gasteiger partial charge < -0.3 is 15.1 Å². The lowest BCUT2D eigenvalue weighted by Crippen LogP contribution is -2.29. The summed E-state index contributed by atoms with van der Waals surface area (Å²) in [4.78, 5) is 31.7. The molecule has 1 aliphatic rings. The Bertz CT molecular complexity index is 1180. The maximum atomic E-state index is 13.0. The molecule has 6 heteroatoms. The Morgan fingerprint density at radius 2 is 1.74 bits per heavy atom. The van der Waals surface area contributed by atoms with Crippen LogP contribution in [0.25, 0.3) is 5.76 Å². The minimum absolute atomic E-state index is 0.0230. The van der Waals surface area contributed by atoms with Crippen LogP contribution in [0.4, 0.5) is 0 Å². The standard InChI is InChI=1S/C25H22N2O4/c1-15-6-7-18(13-16(15)2)23(29)21-22(17-8-10-20(28)11-9-17)27(25(31)24(21)30)14-19-5-3-4-12-26-19/h3-13,22,28-29H,14H2,1-2H3/b23-21-. The number of aromatic nitrogens is 1. The molecule has 3 aromatic rings. The number of rotatable bonds is 4. The molecule has 0 radical (unpaired) electrons. The molecule has 1 aromatic heterocycles. The Labute approximate surface area is 180 Å². The highest BCUT2D eigenvalue weighted by Gasteiger charge is 2.46. The Balaban J connectivity index is 1.87. The van der Waals surface area contributed by atoms with E-state index in [0.29, 0.717) is 16.8 Å². The van der Waals surface area contributed by atoms with Gasteiger partial charge in [-0.05, 0) is 60.9 Å². The van der Waals surface area contributed by atoms with Gasteiger partial charge in [0.05, 0.1) is 23.9 Å². The summed E-state index contributed by atoms with van der Waals surface area (Å²) in [5, 5.41) is 20.8. The number of aliphatic hydroxyl groups excluding tert-OH is 1. The number of carbonyl (C=O) groups excluding carboxylic acids is 2. The van der Waals surface area contributed by atoms with Crippen LogP contribution in [0.15, 0.2) is 72.4 Å². The number of phenols is 1. The van der Waals surface area contributed by atoms with E-state index in [2.05, 4.69) is 4.98 Å². The molecule has 1 saturated heterocycles. The van der Waals surface area contributed by atoms with E-state index in [4.69, 9.17) is 0 Å². The Kier molecular flexibility index (Phi) is 5.29. The number of aliphatic hydroxyl groups is 1. The fraction of sp³-hybridized carbons (Fsp3) is 0.160. The summed E-state index contributed by atoms with van der Waals surface area (Å²) in [5.41, 5.74) is 3.76. The third-order valence-electron chi connectivity index (χ3n) is 5.59. The van der Waals surface area contributed by atoms with E-state index in [1.54, 1.807) is 42.6 Å². The van der Waals surface area contributed by atoms with Crippen molar-refractivity contribution in [3.05, 3.63) is 100 Å². The number of carbonyl (C=O) groups is 2. The minimum atomic E-state index is -0.802. The van der Waals surface area contributed by atoms with E-state index in [9.17, 15) is 19.8 Å². The summed E-state index contributed by atoms with van der Waals surface area (Å²) in [6.07, 6.45) is 1.62. The minimum Gasteiger partial charge on any atom is -0.508 e. The molecule has 1 amide bonds. The molecular weight excluding hydrogens is 392 g/mol. The molecule has 2 N–H and O–H groups in total. The maximum absolute atomic E-state index is 13.0. The molecule has 1 aliphatic heterocycles. The molecule has 1 atom stereocenters. The number of aryl methyl sites for hydroxylation is 2. The predicted octanol–water partition coefficient (Wildman–Crippen LogP) is 4.03. The molecule has 1 fully saturated rings. The van der Waals surface area contributed by atoms with Crippen molar-refractivity contribution in [2.24, 2.45) is 0 Å². The molecule has 1 unspecified atom stereocenters. The van der Waals surface area contributed by atoms with Crippen molar-refractivity contribution in [3.8, 4) is 5.75 Å². The van der Waals surface area contributed by atoms with E-state index in [-0.39, 0.29) is 23.6 Å². The smallest absolute Gasteiger partial charge is 0.296 e. The van der Waals surface area contributed by atoms with Gasteiger partial charge in [0.1, 0.15) is 11.5 Å². The number of amides is 1. The van der Waals surface area contributed by atoms with Gasteiger partial charge in [-0.2, -0.15) is 0 Å². The number of Topliss-reactive ketones (excluding diaryl/α,β-unsaturated/α-hetero) is 1. The first kappa shape index (κ1) is 20.3. The molecule has 0 saturated carbocycles. The number of phenolic OH excluding ortho intramolecular Hbond substituents is 1. The van der Waals surface area contributed by atoms with Gasteiger partial charge in [-0.3, -0.25) is 14.6 Å². The Morgan fingerprint density at radius 1 is 1.00 bits per heavy atom. The SMILES string of the molecule is Cc1ccc(/C(O)=C2/C(=O)C(=O)N(Cc3ccccn3)C2c2ccc(O)cc2)cc1C. The van der Waals surface area contributed by atoms with Gasteiger partial charge in [0, 0.05) is 11.8 Å². The fourth-order valence-electron chi connectivity index (χ4n) is 3.76. The lowest BCUT2D eigenvalue weighted by Gasteiger charge is -2.25. The van der Waals surface area contributed by atoms with Crippen LogP contribution in [-0.2, 0) is 16.1 Å². The summed E-state index contributed by atoms with van der Waals surface area (Å²) >= 11 is 0. The highest BCUT2D eigenvalue weighted by atomic mass is 16.3. The molecule has 0 spiro atoms. The van der Waals surface area contributed by atoms with Crippen molar-refractivity contribution in [1.82, 2.24) is 9.88 Å². The normalized spacial score (nSPS) is 17.9. The zero-order valence-electron chi connectivity index (χ0n) is 17.2. The molecular formula is C25H22N2O4. The second kappa shape index (κ2) is 8.07. The van der Waals surface area contributed by atoms with Crippen molar-refractivity contribution >= 4 is 17.4 Å². The number of nitrogens with zero attached hydrogens (tertiary/aromatic N) is 2. The summed E-state index contributed by atoms with van der Waals surface area (Å²) in [7, 11) is 0. The van der Waals surface area contributed by atoms with Crippen LogP contribution in [0.3, 0.4) is 0 Å². The third-order valence-corrected chi connectivity index (χ3v) is 5.59. The maximum Gasteiger partial charge on any atom is 0.296 e. The van der Waals surface area contributed by atoms with Crippen LogP contribution in [0.1, 0.15) is 34.0 Å². The molecule has 0 bridgehead atoms. The third kappa shape index (κ3) is 3.80. The van der Waals surface area contributed by atoms with E-state index in [1.807, 2.05) is 26.0 Å². The van der Waals surface area contributed by atoms with E-state index < -0.39 is 17.7 Å². The van der Waals surface area contributed by atoms with E-state index in [1.165, 1.54) is 17.0 Å². The number of hydrogen-bond donors (Lipinski definition) is 2. The zero-order valence-corrected chi connectivity index (χ0v) is 17.2. The Morgan fingerprint density at radius 3 is 2.39 bits per heavy atom. The average molecular weight is 414 g/mol. The van der Waals surface area contributed by atoms with Gasteiger partial charge >= 0.3 is 0 Å². The van der Waals surface area contributed by atoms with Crippen LogP contribution in [0, 0.1) is 13.8 Å². The number of benzene rings is 2. The molecule has 6 nitrogen and oxygen atoms in total. The number of pyridine rings is 1. The summed E-state index contributed by atoms with van der Waals surface area (Å²) in [5.74, 6) is -1.60. The number of hydrogen-bond acceptors (Lipinski definition) is 5. The molecule has 31 heavy (non-hydrogen) atoms. The first-order chi connectivity index (χ1) is 14.9. The number of aromatic hydroxyl groups is 1. The predicted molar refractivity (Wildman–Crippen MR) is 116 cm³/mol. The second-order valence-electron chi connectivity index (χ2n) is 7.64. The Hall–Kier alpha value is -3.93. The highest BCUT2D eigenvalue weighted by Crippen LogP contribution is 2.40. The zero-order chi connectivity index (χ0) is 22.1. The molecule has 156 valence electrons. The van der Waals surface area contributed by atoms with Crippen molar-refractivity contribution in [1.29, 1.82) is 0 Å². The van der Waals surface area contributed by atoms with Crippen LogP contribution in [-0.4, -0.2) is 31.8 Å². The summed E-state index contributed by atoms with van der Waals surface area (Å²) in [6, 6.07) is 16.2. The van der Waals surface area contributed by atoms with Crippen LogP contribution in [0.2, 0.25) is 0 Å². The fourth-order valence-corrected chi connectivity index (χ4v) is 3.76. The van der Waals surface area contributed by atoms with Crippen molar-refractivity contribution < 1.29 is 19.8 Å². The van der Waals surface area contributed by atoms with E-state index in [0.717, 1.165) is 11.1 Å². The van der Waals surface area contributed by atoms with Gasteiger partial charge in [0.15, 0.2) is 0 Å². The lowest BCUT2D eigenvalue weighted by atomic mass is 9.94. The largest absolute Gasteiger partial charge is 0.508 e. The molecule has 0 aliphatic carbocycles. The quantitative estimate of drug-likeness (QED) is 0.382. The van der Waals surface area contributed by atoms with Gasteiger partial charge in [0.2, 0.25) is 0 Å². The van der Waals surface area contributed by atoms with Gasteiger partial charge in [-0.1, -0.05) is 30.3 Å². The molecule has 2 aromatic carbocycles. The monoisotopic (exact) mass is 414 g/mol. The van der Waals surface area contributed by atoms with Gasteiger partial charge in [0.25, 0.3) is 11.7 Å². The van der Waals surface area contributed by atoms with Gasteiger partial charge in [-0.15, -0.1) is 0 Å². The van der Waals surface area contributed by atoms with E-state index >= 15 is 0 Å². The number of ketones is 1. The van der Waals surface area contributed by atoms with Crippen LogP contribution in [0.5, 0.6) is 5.75 Å².